The van der Waals surface area contributed by atoms with E-state index >= 15 is 4.39 Å². The van der Waals surface area contributed by atoms with Gasteiger partial charge in [0.25, 0.3) is 0 Å². The molecule has 1 aliphatic rings. The normalized spacial score (nSPS) is 16.7. The third-order valence-corrected chi connectivity index (χ3v) is 4.66. The summed E-state index contributed by atoms with van der Waals surface area (Å²) < 4.78 is 35.6. The average molecular weight is 380 g/mol. The number of aromatic nitrogens is 1. The summed E-state index contributed by atoms with van der Waals surface area (Å²) >= 11 is 0. The first-order valence-electron chi connectivity index (χ1n) is 8.13. The van der Waals surface area contributed by atoms with Gasteiger partial charge in [0, 0.05) is 19.3 Å². The van der Waals surface area contributed by atoms with Gasteiger partial charge in [0.15, 0.2) is 17.4 Å². The van der Waals surface area contributed by atoms with Crippen molar-refractivity contribution in [2.75, 3.05) is 30.3 Å². The Morgan fingerprint density at radius 2 is 2.15 bits per heavy atom. The van der Waals surface area contributed by atoms with Gasteiger partial charge in [-0.05, 0) is 18.9 Å². The molecule has 1 fully saturated rings. The number of anilines is 2. The summed E-state index contributed by atoms with van der Waals surface area (Å²) in [6, 6.07) is 0. The lowest BCUT2D eigenvalue weighted by molar-refractivity contribution is 0.144. The summed E-state index contributed by atoms with van der Waals surface area (Å²) in [7, 11) is 0. The van der Waals surface area contributed by atoms with E-state index < -0.39 is 40.0 Å². The molecule has 10 heteroatoms. The van der Waals surface area contributed by atoms with E-state index in [0.717, 1.165) is 17.0 Å². The third kappa shape index (κ3) is 2.97. The fourth-order valence-electron chi connectivity index (χ4n) is 3.34. The van der Waals surface area contributed by atoms with E-state index in [4.69, 9.17) is 16.6 Å². The highest BCUT2D eigenvalue weighted by Crippen LogP contribution is 2.37. The van der Waals surface area contributed by atoms with Gasteiger partial charge in [-0.1, -0.05) is 6.58 Å². The predicted molar refractivity (Wildman–Crippen MR) is 97.0 cm³/mol. The minimum Gasteiger partial charge on any atom is -0.449 e. The molecule has 3 rings (SSSR count). The number of nitrogens with zero attached hydrogens (tertiary/aromatic N) is 2. The number of hydrogen-bond acceptors (Lipinski definition) is 6. The van der Waals surface area contributed by atoms with Gasteiger partial charge in [0.1, 0.15) is 5.69 Å². The molecule has 0 aliphatic carbocycles. The fraction of sp³-hybridized carbons (Fsp3) is 0.294. The van der Waals surface area contributed by atoms with Gasteiger partial charge >= 0.3 is 6.16 Å². The van der Waals surface area contributed by atoms with Crippen LogP contribution in [0.1, 0.15) is 6.42 Å². The van der Waals surface area contributed by atoms with E-state index in [9.17, 15) is 14.0 Å². The van der Waals surface area contributed by atoms with Crippen molar-refractivity contribution >= 4 is 34.6 Å². The van der Waals surface area contributed by atoms with E-state index in [0.29, 0.717) is 26.1 Å². The van der Waals surface area contributed by atoms with Crippen molar-refractivity contribution in [1.29, 1.82) is 0 Å². The molecular weight excluding hydrogens is 362 g/mol. The number of rotatable bonds is 4. The monoisotopic (exact) mass is 380 g/mol. The van der Waals surface area contributed by atoms with Gasteiger partial charge in [-0.15, -0.1) is 0 Å². The van der Waals surface area contributed by atoms with E-state index in [1.54, 1.807) is 0 Å². The zero-order valence-electron chi connectivity index (χ0n) is 14.2. The molecule has 2 heterocycles. The molecule has 1 aliphatic heterocycles. The molecular formula is C17H18F2N4O4. The lowest BCUT2D eigenvalue weighted by Gasteiger charge is -2.23. The van der Waals surface area contributed by atoms with Crippen LogP contribution in [0.25, 0.3) is 17.1 Å². The SMILES string of the molecule is C=Cn1cc(OC(=O)O)c(=O)c2c(N)c(F)c(N3CCC(CN)C3)c(F)c21. The van der Waals surface area contributed by atoms with Crippen molar-refractivity contribution in [1.82, 2.24) is 4.57 Å². The Bertz CT molecular complexity index is 1010. The highest BCUT2D eigenvalue weighted by atomic mass is 19.1. The van der Waals surface area contributed by atoms with Crippen molar-refractivity contribution < 1.29 is 23.4 Å². The zero-order valence-corrected chi connectivity index (χ0v) is 14.2. The smallest absolute Gasteiger partial charge is 0.449 e. The van der Waals surface area contributed by atoms with Crippen LogP contribution in [0, 0.1) is 17.6 Å². The second-order valence-corrected chi connectivity index (χ2v) is 6.23. The van der Waals surface area contributed by atoms with E-state index in [1.807, 2.05) is 0 Å². The molecule has 1 aromatic carbocycles. The van der Waals surface area contributed by atoms with Crippen LogP contribution in [-0.2, 0) is 0 Å². The predicted octanol–water partition coefficient (Wildman–Crippen LogP) is 1.80. The fourth-order valence-corrected chi connectivity index (χ4v) is 3.34. The van der Waals surface area contributed by atoms with Gasteiger partial charge in [-0.3, -0.25) is 4.79 Å². The minimum atomic E-state index is -1.75. The molecule has 0 amide bonds. The Morgan fingerprint density at radius 3 is 2.70 bits per heavy atom. The number of halogens is 2. The summed E-state index contributed by atoms with van der Waals surface area (Å²) in [5, 5.41) is 8.24. The lowest BCUT2D eigenvalue weighted by Crippen LogP contribution is -2.26. The zero-order chi connectivity index (χ0) is 19.9. The quantitative estimate of drug-likeness (QED) is 0.546. The van der Waals surface area contributed by atoms with Crippen LogP contribution in [0.5, 0.6) is 5.75 Å². The van der Waals surface area contributed by atoms with Crippen molar-refractivity contribution in [3.63, 3.8) is 0 Å². The second kappa shape index (κ2) is 6.88. The van der Waals surface area contributed by atoms with Crippen molar-refractivity contribution in [2.45, 2.75) is 6.42 Å². The molecule has 0 radical (unpaired) electrons. The average Bonchev–Trinajstić information content (AvgIpc) is 3.09. The first-order valence-corrected chi connectivity index (χ1v) is 8.13. The minimum absolute atomic E-state index is 0.0914. The number of pyridine rings is 1. The van der Waals surface area contributed by atoms with Crippen LogP contribution < -0.4 is 26.5 Å². The Kier molecular flexibility index (Phi) is 4.75. The summed E-state index contributed by atoms with van der Waals surface area (Å²) in [5.41, 5.74) is 9.16. The van der Waals surface area contributed by atoms with E-state index in [1.165, 1.54) is 4.90 Å². The third-order valence-electron chi connectivity index (χ3n) is 4.66. The molecule has 27 heavy (non-hydrogen) atoms. The maximum Gasteiger partial charge on any atom is 0.511 e. The number of carboxylic acid groups (broad SMARTS) is 1. The van der Waals surface area contributed by atoms with Gasteiger partial charge in [-0.2, -0.15) is 0 Å². The first-order chi connectivity index (χ1) is 12.8. The molecule has 0 spiro atoms. The van der Waals surface area contributed by atoms with Crippen LogP contribution in [0.4, 0.5) is 25.0 Å². The van der Waals surface area contributed by atoms with E-state index in [-0.39, 0.29) is 17.1 Å². The molecule has 1 unspecified atom stereocenters. The maximum absolute atomic E-state index is 15.3. The van der Waals surface area contributed by atoms with Gasteiger partial charge in [-0.25, -0.2) is 13.6 Å². The Labute approximate surface area is 152 Å². The van der Waals surface area contributed by atoms with Crippen LogP contribution >= 0.6 is 0 Å². The topological polar surface area (TPSA) is 124 Å². The second-order valence-electron chi connectivity index (χ2n) is 6.23. The summed E-state index contributed by atoms with van der Waals surface area (Å²) in [5.74, 6) is -2.63. The first kappa shape index (κ1) is 18.6. The summed E-state index contributed by atoms with van der Waals surface area (Å²) in [4.78, 5) is 24.8. The summed E-state index contributed by atoms with van der Waals surface area (Å²) in [6.45, 7) is 4.63. The molecule has 0 bridgehead atoms. The van der Waals surface area contributed by atoms with Crippen molar-refractivity contribution in [3.8, 4) is 5.75 Å². The molecule has 8 nitrogen and oxygen atoms in total. The highest BCUT2D eigenvalue weighted by Gasteiger charge is 2.31. The van der Waals surface area contributed by atoms with E-state index in [2.05, 4.69) is 11.3 Å². The molecule has 2 aromatic rings. The van der Waals surface area contributed by atoms with Gasteiger partial charge in [0.2, 0.25) is 5.43 Å². The van der Waals surface area contributed by atoms with Gasteiger partial charge < -0.3 is 30.8 Å². The van der Waals surface area contributed by atoms with Crippen LogP contribution in [0.2, 0.25) is 0 Å². The highest BCUT2D eigenvalue weighted by molar-refractivity contribution is 5.96. The van der Waals surface area contributed by atoms with Crippen LogP contribution in [0.15, 0.2) is 17.6 Å². The summed E-state index contributed by atoms with van der Waals surface area (Å²) in [6.07, 6.45) is 1.02. The molecule has 144 valence electrons. The largest absolute Gasteiger partial charge is 0.511 e. The standard InChI is InChI=1S/C17H18F2N4O4/c1-2-22-7-9(27-17(25)26)16(24)10-13(21)11(18)15(12(19)14(10)22)23-4-3-8(5-20)6-23/h2,7-8H,1,3-6,20-21H2,(H,25,26). The number of carbonyl (C=O) groups is 1. The molecule has 1 atom stereocenters. The maximum atomic E-state index is 15.3. The van der Waals surface area contributed by atoms with Crippen molar-refractivity contribution in [2.24, 2.45) is 11.7 Å². The van der Waals surface area contributed by atoms with Crippen LogP contribution in [-0.4, -0.2) is 35.5 Å². The number of nitrogens with two attached hydrogens (primary N) is 2. The Hall–Kier alpha value is -3.14. The molecule has 5 N–H and O–H groups in total. The molecule has 1 saturated heterocycles. The number of hydrogen-bond donors (Lipinski definition) is 3. The number of fused-ring (bicyclic) bond motifs is 1. The number of ether oxygens (including phenoxy) is 1. The Morgan fingerprint density at radius 1 is 1.44 bits per heavy atom. The number of nitrogen functional groups attached to an aromatic ring is 1. The Balaban J connectivity index is 2.33. The van der Waals surface area contributed by atoms with Gasteiger partial charge in [0.05, 0.1) is 22.8 Å². The van der Waals surface area contributed by atoms with Crippen LogP contribution in [0.3, 0.4) is 0 Å². The van der Waals surface area contributed by atoms with Crippen molar-refractivity contribution in [3.05, 3.63) is 34.6 Å². The molecule has 1 aromatic heterocycles. The lowest BCUT2D eigenvalue weighted by atomic mass is 10.1. The molecule has 0 saturated carbocycles. The number of benzene rings is 1.